The second kappa shape index (κ2) is 2.55. The molecule has 0 radical (unpaired) electrons. The van der Waals surface area contributed by atoms with Gasteiger partial charge in [-0.3, -0.25) is 0 Å². The maximum Gasteiger partial charge on any atom is 0.0980 e. The monoisotopic (exact) mass is 161 g/mol. The average Bonchev–Trinajstić information content (AvgIpc) is 2.44. The van der Waals surface area contributed by atoms with Crippen molar-refractivity contribution in [2.75, 3.05) is 5.73 Å². The minimum Gasteiger partial charge on any atom is -0.472 e. The van der Waals surface area contributed by atoms with E-state index in [1.165, 1.54) is 5.56 Å². The maximum absolute atomic E-state index is 5.91. The van der Waals surface area contributed by atoms with E-state index in [4.69, 9.17) is 10.2 Å². The van der Waals surface area contributed by atoms with E-state index in [-0.39, 0.29) is 0 Å². The van der Waals surface area contributed by atoms with Crippen LogP contribution in [0.1, 0.15) is 12.5 Å². The molecule has 0 saturated carbocycles. The summed E-state index contributed by atoms with van der Waals surface area (Å²) >= 11 is 0. The van der Waals surface area contributed by atoms with Gasteiger partial charge in [-0.1, -0.05) is 6.92 Å². The minimum absolute atomic E-state index is 0.892. The lowest BCUT2D eigenvalue weighted by atomic mass is 10.2. The van der Waals surface area contributed by atoms with Crippen molar-refractivity contribution in [3.63, 3.8) is 0 Å². The van der Waals surface area contributed by atoms with E-state index < -0.39 is 0 Å². The third-order valence-corrected chi connectivity index (χ3v) is 2.17. The first kappa shape index (κ1) is 7.22. The van der Waals surface area contributed by atoms with Crippen LogP contribution in [0.4, 0.5) is 5.69 Å². The van der Waals surface area contributed by atoms with Gasteiger partial charge in [0.05, 0.1) is 12.5 Å². The normalized spacial score (nSPS) is 10.8. The maximum atomic E-state index is 5.91. The Morgan fingerprint density at radius 3 is 3.00 bits per heavy atom. The highest BCUT2D eigenvalue weighted by Crippen LogP contribution is 2.33. The van der Waals surface area contributed by atoms with E-state index >= 15 is 0 Å². The number of nitrogens with two attached hydrogens (primary N) is 1. The molecule has 0 fully saturated rings. The van der Waals surface area contributed by atoms with Crippen molar-refractivity contribution < 1.29 is 4.42 Å². The van der Waals surface area contributed by atoms with E-state index in [1.807, 2.05) is 6.07 Å². The summed E-state index contributed by atoms with van der Waals surface area (Å²) in [6, 6.07) is 3.98. The summed E-state index contributed by atoms with van der Waals surface area (Å²) in [5.74, 6) is 0. The highest BCUT2D eigenvalue weighted by Gasteiger charge is 2.11. The van der Waals surface area contributed by atoms with Crippen molar-refractivity contribution in [1.29, 1.82) is 0 Å². The van der Waals surface area contributed by atoms with Crippen LogP contribution < -0.4 is 5.73 Å². The molecule has 0 aromatic rings. The Morgan fingerprint density at radius 1 is 1.50 bits per heavy atom. The lowest BCUT2D eigenvalue weighted by Gasteiger charge is -1.97. The van der Waals surface area contributed by atoms with Crippen LogP contribution in [-0.2, 0) is 6.42 Å². The second-order valence-corrected chi connectivity index (χ2v) is 2.86. The van der Waals surface area contributed by atoms with Gasteiger partial charge in [-0.25, -0.2) is 0 Å². The molecule has 0 spiro atoms. The first-order valence-electron chi connectivity index (χ1n) is 4.06. The highest BCUT2D eigenvalue weighted by molar-refractivity contribution is 5.82. The zero-order valence-corrected chi connectivity index (χ0v) is 7.00. The molecule has 2 N–H and O–H groups in total. The van der Waals surface area contributed by atoms with Gasteiger partial charge in [0.25, 0.3) is 0 Å². The second-order valence-electron chi connectivity index (χ2n) is 2.86. The molecule has 1 aliphatic carbocycles. The summed E-state index contributed by atoms with van der Waals surface area (Å²) in [6.45, 7) is 2.10. The summed E-state index contributed by atoms with van der Waals surface area (Å²) in [4.78, 5) is 0. The summed E-state index contributed by atoms with van der Waals surface area (Å²) in [5.41, 5.74) is 10.2. The number of hydrogen-bond acceptors (Lipinski definition) is 2. The third-order valence-electron chi connectivity index (χ3n) is 2.17. The van der Waals surface area contributed by atoms with Crippen molar-refractivity contribution in [3.05, 3.63) is 30.2 Å². The molecule has 2 heteroatoms. The fraction of sp³-hybridized carbons (Fsp3) is 0.200. The average molecular weight is 161 g/mol. The van der Waals surface area contributed by atoms with E-state index in [2.05, 4.69) is 13.0 Å². The van der Waals surface area contributed by atoms with Crippen molar-refractivity contribution in [3.8, 4) is 11.1 Å². The lowest BCUT2D eigenvalue weighted by molar-refractivity contribution is 0.552. The number of aryl methyl sites for hydroxylation is 1. The van der Waals surface area contributed by atoms with Gasteiger partial charge in [0.15, 0.2) is 0 Å². The van der Waals surface area contributed by atoms with Gasteiger partial charge in [-0.2, -0.15) is 0 Å². The quantitative estimate of drug-likeness (QED) is 0.698. The van der Waals surface area contributed by atoms with E-state index in [1.54, 1.807) is 12.5 Å². The molecule has 0 bridgehead atoms. The third kappa shape index (κ3) is 0.881. The van der Waals surface area contributed by atoms with Crippen LogP contribution in [0.3, 0.4) is 0 Å². The number of hydrogen-bond donors (Lipinski definition) is 1. The molecular weight excluding hydrogens is 150 g/mol. The van der Waals surface area contributed by atoms with Crippen molar-refractivity contribution in [1.82, 2.24) is 0 Å². The molecule has 2 aliphatic rings. The topological polar surface area (TPSA) is 39.2 Å². The molecule has 0 aromatic heterocycles. The standard InChI is InChI=1S/C10H11NO/c1-2-7-5-8-6-12-4-3-9(8)10(7)11/h3-6H,2,11H2,1H3. The van der Waals surface area contributed by atoms with Crippen LogP contribution in [0.5, 0.6) is 0 Å². The van der Waals surface area contributed by atoms with Gasteiger partial charge < -0.3 is 10.2 Å². The highest BCUT2D eigenvalue weighted by atomic mass is 16.3. The van der Waals surface area contributed by atoms with Crippen LogP contribution in [-0.4, -0.2) is 0 Å². The number of fused-ring (bicyclic) bond motifs is 1. The number of anilines is 1. The van der Waals surface area contributed by atoms with Crippen LogP contribution in [0.2, 0.25) is 0 Å². The van der Waals surface area contributed by atoms with Crippen LogP contribution in [0.15, 0.2) is 29.1 Å². The minimum atomic E-state index is 0.892. The summed E-state index contributed by atoms with van der Waals surface area (Å²) in [7, 11) is 0. The Bertz CT molecular complexity index is 364. The molecule has 2 rings (SSSR count). The largest absolute Gasteiger partial charge is 0.472 e. The van der Waals surface area contributed by atoms with E-state index in [0.29, 0.717) is 0 Å². The molecule has 1 aliphatic heterocycles. The molecule has 1 heterocycles. The number of rotatable bonds is 1. The Balaban J connectivity index is 2.70. The first-order valence-corrected chi connectivity index (χ1v) is 4.06. The van der Waals surface area contributed by atoms with E-state index in [0.717, 1.165) is 23.2 Å². The van der Waals surface area contributed by atoms with Gasteiger partial charge in [0.2, 0.25) is 0 Å². The fourth-order valence-corrected chi connectivity index (χ4v) is 1.47. The molecule has 0 saturated heterocycles. The van der Waals surface area contributed by atoms with Crippen molar-refractivity contribution in [2.24, 2.45) is 0 Å². The lowest BCUT2D eigenvalue weighted by Crippen LogP contribution is -1.87. The molecule has 0 atom stereocenters. The van der Waals surface area contributed by atoms with Gasteiger partial charge in [-0.15, -0.1) is 0 Å². The van der Waals surface area contributed by atoms with E-state index in [9.17, 15) is 0 Å². The van der Waals surface area contributed by atoms with Crippen molar-refractivity contribution in [2.45, 2.75) is 13.3 Å². The Kier molecular flexibility index (Phi) is 1.54. The summed E-state index contributed by atoms with van der Waals surface area (Å²) in [5, 5.41) is 0. The zero-order chi connectivity index (χ0) is 8.55. The summed E-state index contributed by atoms with van der Waals surface area (Å²) < 4.78 is 5.05. The SMILES string of the molecule is CCc1cc2coccc-2c1N. The Labute approximate surface area is 71.3 Å². The predicted molar refractivity (Wildman–Crippen MR) is 49.1 cm³/mol. The molecule has 0 aromatic carbocycles. The fourth-order valence-electron chi connectivity index (χ4n) is 1.47. The Hall–Kier alpha value is -1.44. The van der Waals surface area contributed by atoms with Gasteiger partial charge in [0.1, 0.15) is 0 Å². The molecule has 0 unspecified atom stereocenters. The van der Waals surface area contributed by atoms with Crippen molar-refractivity contribution >= 4 is 5.69 Å². The number of nitrogen functional groups attached to an aromatic ring is 1. The molecular formula is C10H11NO. The van der Waals surface area contributed by atoms with Gasteiger partial charge >= 0.3 is 0 Å². The molecule has 62 valence electrons. The van der Waals surface area contributed by atoms with Gasteiger partial charge in [-0.05, 0) is 24.1 Å². The van der Waals surface area contributed by atoms with Crippen LogP contribution >= 0.6 is 0 Å². The van der Waals surface area contributed by atoms with Crippen LogP contribution in [0.25, 0.3) is 11.1 Å². The van der Waals surface area contributed by atoms with Crippen LogP contribution in [0, 0.1) is 0 Å². The first-order chi connectivity index (χ1) is 5.83. The molecule has 2 nitrogen and oxygen atoms in total. The van der Waals surface area contributed by atoms with Gasteiger partial charge in [0, 0.05) is 16.8 Å². The smallest absolute Gasteiger partial charge is 0.0980 e. The molecule has 12 heavy (non-hydrogen) atoms. The Morgan fingerprint density at radius 2 is 2.33 bits per heavy atom. The molecule has 0 amide bonds. The zero-order valence-electron chi connectivity index (χ0n) is 7.00. The predicted octanol–water partition coefficient (Wildman–Crippen LogP) is 2.53. The summed E-state index contributed by atoms with van der Waals surface area (Å²) in [6.07, 6.45) is 4.35.